The van der Waals surface area contributed by atoms with Gasteiger partial charge in [0.1, 0.15) is 33.5 Å². The van der Waals surface area contributed by atoms with Crippen molar-refractivity contribution >= 4 is 93.7 Å². The van der Waals surface area contributed by atoms with Crippen LogP contribution in [0.2, 0.25) is 0 Å². The average molecular weight is 718 g/mol. The molecule has 4 nitrogen and oxygen atoms in total. The number of furan rings is 3. The van der Waals surface area contributed by atoms with Crippen molar-refractivity contribution in [1.29, 1.82) is 0 Å². The summed E-state index contributed by atoms with van der Waals surface area (Å²) >= 11 is 0. The second-order valence-corrected chi connectivity index (χ2v) is 14.4. The van der Waals surface area contributed by atoms with Crippen LogP contribution < -0.4 is 4.90 Å². The van der Waals surface area contributed by atoms with Crippen LogP contribution in [-0.2, 0) is 0 Å². The molecule has 0 atom stereocenters. The van der Waals surface area contributed by atoms with E-state index in [1.807, 2.05) is 24.3 Å². The first-order valence-corrected chi connectivity index (χ1v) is 18.9. The zero-order valence-electron chi connectivity index (χ0n) is 30.1. The fourth-order valence-electron chi connectivity index (χ4n) is 8.62. The fourth-order valence-corrected chi connectivity index (χ4v) is 8.62. The lowest BCUT2D eigenvalue weighted by Crippen LogP contribution is -2.09. The monoisotopic (exact) mass is 717 g/mol. The van der Waals surface area contributed by atoms with Crippen molar-refractivity contribution in [2.45, 2.75) is 0 Å². The van der Waals surface area contributed by atoms with Gasteiger partial charge in [0, 0.05) is 55.6 Å². The summed E-state index contributed by atoms with van der Waals surface area (Å²) in [5, 5.41) is 8.94. The summed E-state index contributed by atoms with van der Waals surface area (Å²) in [6, 6.07) is 66.0. The molecule has 0 aliphatic rings. The summed E-state index contributed by atoms with van der Waals surface area (Å²) in [5.41, 5.74) is 12.8. The number of rotatable bonds is 5. The van der Waals surface area contributed by atoms with Gasteiger partial charge in [0.25, 0.3) is 0 Å². The number of hydrogen-bond acceptors (Lipinski definition) is 4. The molecule has 0 aliphatic carbocycles. The third-order valence-electron chi connectivity index (χ3n) is 11.3. The predicted molar refractivity (Wildman–Crippen MR) is 231 cm³/mol. The third kappa shape index (κ3) is 4.66. The largest absolute Gasteiger partial charge is 0.456 e. The number of hydrogen-bond donors (Lipinski definition) is 0. The van der Waals surface area contributed by atoms with Crippen LogP contribution in [0.4, 0.5) is 17.1 Å². The smallest absolute Gasteiger partial charge is 0.147 e. The Bertz CT molecular complexity index is 3460. The lowest BCUT2D eigenvalue weighted by atomic mass is 9.96. The van der Waals surface area contributed by atoms with Crippen LogP contribution in [-0.4, -0.2) is 0 Å². The van der Waals surface area contributed by atoms with E-state index in [1.54, 1.807) is 0 Å². The molecule has 0 saturated carbocycles. The van der Waals surface area contributed by atoms with Crippen molar-refractivity contribution in [1.82, 2.24) is 0 Å². The maximum atomic E-state index is 6.55. The van der Waals surface area contributed by atoms with Gasteiger partial charge in [0.15, 0.2) is 0 Å². The van der Waals surface area contributed by atoms with E-state index in [4.69, 9.17) is 13.3 Å². The molecule has 9 aromatic carbocycles. The molecule has 12 aromatic rings. The van der Waals surface area contributed by atoms with Crippen LogP contribution in [0.25, 0.3) is 98.8 Å². The van der Waals surface area contributed by atoms with Crippen LogP contribution in [0.15, 0.2) is 201 Å². The van der Waals surface area contributed by atoms with Crippen LogP contribution in [0, 0.1) is 0 Å². The SMILES string of the molecule is c1ccc(N(c2ccc(-c3ccc(-c4cc5c6ccccc6oc5c5c4oc4ccccc45)cc3)cc2)c2ccc3c(c2)oc2ccc4ccccc4c23)cc1. The molecule has 56 heavy (non-hydrogen) atoms. The van der Waals surface area contributed by atoms with Gasteiger partial charge in [-0.05, 0) is 88.1 Å². The quantitative estimate of drug-likeness (QED) is 0.178. The molecule has 0 N–H and O–H groups in total. The van der Waals surface area contributed by atoms with E-state index in [2.05, 4.69) is 169 Å². The number of para-hydroxylation sites is 3. The second-order valence-electron chi connectivity index (χ2n) is 14.4. The molecule has 0 unspecified atom stereocenters. The highest BCUT2D eigenvalue weighted by atomic mass is 16.3. The molecular formula is C52H31NO3. The average Bonchev–Trinajstić information content (AvgIpc) is 3.95. The highest BCUT2D eigenvalue weighted by Crippen LogP contribution is 2.45. The van der Waals surface area contributed by atoms with E-state index in [9.17, 15) is 0 Å². The lowest BCUT2D eigenvalue weighted by molar-refractivity contribution is 0.663. The van der Waals surface area contributed by atoms with Gasteiger partial charge in [-0.25, -0.2) is 0 Å². The summed E-state index contributed by atoms with van der Waals surface area (Å²) in [7, 11) is 0. The van der Waals surface area contributed by atoms with Gasteiger partial charge in [0.2, 0.25) is 0 Å². The molecule has 0 aliphatic heterocycles. The first-order valence-electron chi connectivity index (χ1n) is 18.9. The maximum Gasteiger partial charge on any atom is 0.147 e. The number of benzene rings is 9. The molecule has 0 saturated heterocycles. The van der Waals surface area contributed by atoms with Crippen molar-refractivity contribution in [2.75, 3.05) is 4.90 Å². The van der Waals surface area contributed by atoms with E-state index in [-0.39, 0.29) is 0 Å². The van der Waals surface area contributed by atoms with Crippen molar-refractivity contribution in [2.24, 2.45) is 0 Å². The van der Waals surface area contributed by atoms with Crippen molar-refractivity contribution in [3.63, 3.8) is 0 Å². The van der Waals surface area contributed by atoms with Gasteiger partial charge in [-0.2, -0.15) is 0 Å². The first-order chi connectivity index (χ1) is 27.7. The fraction of sp³-hybridized carbons (Fsp3) is 0. The Morgan fingerprint density at radius 3 is 1.70 bits per heavy atom. The molecule has 0 amide bonds. The molecule has 262 valence electrons. The number of fused-ring (bicyclic) bond motifs is 12. The highest BCUT2D eigenvalue weighted by Gasteiger charge is 2.21. The molecule has 3 heterocycles. The van der Waals surface area contributed by atoms with Gasteiger partial charge in [-0.3, -0.25) is 0 Å². The third-order valence-corrected chi connectivity index (χ3v) is 11.3. The van der Waals surface area contributed by atoms with Crippen LogP contribution >= 0.6 is 0 Å². The van der Waals surface area contributed by atoms with Gasteiger partial charge < -0.3 is 18.2 Å². The van der Waals surface area contributed by atoms with E-state index in [0.29, 0.717) is 0 Å². The van der Waals surface area contributed by atoms with Crippen LogP contribution in [0.3, 0.4) is 0 Å². The van der Waals surface area contributed by atoms with Gasteiger partial charge in [-0.15, -0.1) is 0 Å². The van der Waals surface area contributed by atoms with Gasteiger partial charge >= 0.3 is 0 Å². The van der Waals surface area contributed by atoms with E-state index < -0.39 is 0 Å². The Morgan fingerprint density at radius 1 is 0.304 bits per heavy atom. The van der Waals surface area contributed by atoms with E-state index >= 15 is 0 Å². The summed E-state index contributed by atoms with van der Waals surface area (Å²) in [6.07, 6.45) is 0. The Morgan fingerprint density at radius 2 is 0.893 bits per heavy atom. The summed E-state index contributed by atoms with van der Waals surface area (Å²) in [6.45, 7) is 0. The molecule has 3 aromatic heterocycles. The van der Waals surface area contributed by atoms with E-state index in [1.165, 1.54) is 10.8 Å². The summed E-state index contributed by atoms with van der Waals surface area (Å²) in [4.78, 5) is 2.28. The minimum atomic E-state index is 0.838. The van der Waals surface area contributed by atoms with Crippen LogP contribution in [0.5, 0.6) is 0 Å². The predicted octanol–water partition coefficient (Wildman–Crippen LogP) is 15.3. The zero-order chi connectivity index (χ0) is 36.7. The highest BCUT2D eigenvalue weighted by molar-refractivity contribution is 6.25. The van der Waals surface area contributed by atoms with E-state index in [0.717, 1.165) is 105 Å². The lowest BCUT2D eigenvalue weighted by Gasteiger charge is -2.25. The molecule has 0 radical (unpaired) electrons. The van der Waals surface area contributed by atoms with Crippen molar-refractivity contribution < 1.29 is 13.3 Å². The Balaban J connectivity index is 0.927. The normalized spacial score (nSPS) is 11.9. The van der Waals surface area contributed by atoms with Gasteiger partial charge in [-0.1, -0.05) is 121 Å². The molecule has 12 rings (SSSR count). The molecular weight excluding hydrogens is 687 g/mol. The zero-order valence-corrected chi connectivity index (χ0v) is 30.1. The van der Waals surface area contributed by atoms with Gasteiger partial charge in [0.05, 0.1) is 5.39 Å². The molecule has 4 heteroatoms. The Labute approximate surface area is 321 Å². The molecule has 0 fully saturated rings. The first kappa shape index (κ1) is 30.9. The van der Waals surface area contributed by atoms with Crippen molar-refractivity contribution in [3.05, 3.63) is 188 Å². The molecule has 0 bridgehead atoms. The summed E-state index contributed by atoms with van der Waals surface area (Å²) < 4.78 is 19.5. The topological polar surface area (TPSA) is 42.7 Å². The molecule has 0 spiro atoms. The van der Waals surface area contributed by atoms with Crippen molar-refractivity contribution in [3.8, 4) is 22.3 Å². The Hall–Kier alpha value is -7.56. The second kappa shape index (κ2) is 12.0. The Kier molecular flexibility index (Phi) is 6.60. The summed E-state index contributed by atoms with van der Waals surface area (Å²) in [5.74, 6) is 0. The van der Waals surface area contributed by atoms with Crippen LogP contribution in [0.1, 0.15) is 0 Å². The standard InChI is InChI=1S/C52H31NO3/c1-2-11-36(12-3-1)53(38-27-28-42-48(30-38)54-47-29-24-34-10-4-5-13-39(34)49(42)47)37-25-22-33(23-26-37)32-18-20-35(21-19-32)43-31-44-40-14-6-8-16-45(40)55-52(44)50-41-15-7-9-17-46(41)56-51(43)50/h1-31H. The maximum absolute atomic E-state index is 6.55. The minimum absolute atomic E-state index is 0.838. The number of anilines is 3. The minimum Gasteiger partial charge on any atom is -0.456 e. The number of nitrogens with zero attached hydrogens (tertiary/aromatic N) is 1.